The van der Waals surface area contributed by atoms with Crippen LogP contribution in [-0.2, 0) is 0 Å². The van der Waals surface area contributed by atoms with Crippen LogP contribution in [0.2, 0.25) is 0 Å². The zero-order valence-electron chi connectivity index (χ0n) is 8.25. The van der Waals surface area contributed by atoms with Gasteiger partial charge in [0.05, 0.1) is 6.04 Å². The summed E-state index contributed by atoms with van der Waals surface area (Å²) in [5.41, 5.74) is 0. The zero-order valence-corrected chi connectivity index (χ0v) is 9.07. The second-order valence-corrected chi connectivity index (χ2v) is 5.62. The second kappa shape index (κ2) is 3.42. The molecule has 4 heteroatoms. The number of hydrogen-bond acceptors (Lipinski definition) is 3. The highest BCUT2D eigenvalue weighted by Gasteiger charge is 2.39. The van der Waals surface area contributed by atoms with E-state index in [0.717, 1.165) is 5.75 Å². The van der Waals surface area contributed by atoms with Gasteiger partial charge in [0, 0.05) is 16.7 Å². The predicted octanol–water partition coefficient (Wildman–Crippen LogP) is 2.53. The Labute approximate surface area is 87.3 Å². The average Bonchev–Trinajstić information content (AvgIpc) is 2.15. The van der Waals surface area contributed by atoms with Crippen LogP contribution in [-0.4, -0.2) is 21.5 Å². The van der Waals surface area contributed by atoms with Crippen molar-refractivity contribution < 1.29 is 4.39 Å². The Kier molecular flexibility index (Phi) is 2.39. The van der Waals surface area contributed by atoms with Crippen LogP contribution in [0.4, 0.5) is 10.2 Å². The molecular weight excluding hydrogens is 199 g/mol. The minimum Gasteiger partial charge on any atom is -0.363 e. The summed E-state index contributed by atoms with van der Waals surface area (Å²) in [6.45, 7) is 4.30. The topological polar surface area (TPSA) is 24.9 Å². The number of nitrogens with zero attached hydrogens (tertiary/aromatic N) is 1. The SMILES string of the molecule is CC1(C)SCC1Nc1ncccc1F. The van der Waals surface area contributed by atoms with E-state index in [9.17, 15) is 4.39 Å². The van der Waals surface area contributed by atoms with E-state index in [-0.39, 0.29) is 10.6 Å². The highest BCUT2D eigenvalue weighted by molar-refractivity contribution is 8.02. The molecule has 2 rings (SSSR count). The van der Waals surface area contributed by atoms with Crippen molar-refractivity contribution in [2.75, 3.05) is 11.1 Å². The molecule has 1 N–H and O–H groups in total. The molecule has 1 aliphatic heterocycles. The molecule has 0 saturated carbocycles. The summed E-state index contributed by atoms with van der Waals surface area (Å²) in [7, 11) is 0. The number of pyridine rings is 1. The normalized spacial score (nSPS) is 24.1. The first-order valence-electron chi connectivity index (χ1n) is 4.60. The van der Waals surface area contributed by atoms with Gasteiger partial charge in [-0.3, -0.25) is 0 Å². The largest absolute Gasteiger partial charge is 0.363 e. The standard InChI is InChI=1S/C10H13FN2S/c1-10(2)8(6-14-10)13-9-7(11)4-3-5-12-9/h3-5,8H,6H2,1-2H3,(H,12,13). The molecule has 1 aromatic heterocycles. The number of anilines is 1. The molecule has 1 fully saturated rings. The van der Waals surface area contributed by atoms with Crippen LogP contribution in [0, 0.1) is 5.82 Å². The van der Waals surface area contributed by atoms with Crippen molar-refractivity contribution in [2.45, 2.75) is 24.6 Å². The maximum atomic E-state index is 13.2. The summed E-state index contributed by atoms with van der Waals surface area (Å²) in [5.74, 6) is 1.11. The van der Waals surface area contributed by atoms with Crippen LogP contribution in [0.5, 0.6) is 0 Å². The smallest absolute Gasteiger partial charge is 0.165 e. The van der Waals surface area contributed by atoms with Crippen LogP contribution in [0.15, 0.2) is 18.3 Å². The van der Waals surface area contributed by atoms with Crippen LogP contribution in [0.3, 0.4) is 0 Å². The first-order valence-corrected chi connectivity index (χ1v) is 5.59. The van der Waals surface area contributed by atoms with E-state index in [1.165, 1.54) is 6.07 Å². The van der Waals surface area contributed by atoms with E-state index in [4.69, 9.17) is 0 Å². The lowest BCUT2D eigenvalue weighted by molar-refractivity contribution is 0.562. The van der Waals surface area contributed by atoms with Crippen LogP contribution >= 0.6 is 11.8 Å². The van der Waals surface area contributed by atoms with Gasteiger partial charge in [0.2, 0.25) is 0 Å². The summed E-state index contributed by atoms with van der Waals surface area (Å²) in [5, 5.41) is 3.13. The molecule has 0 amide bonds. The van der Waals surface area contributed by atoms with E-state index in [1.807, 2.05) is 11.8 Å². The molecule has 14 heavy (non-hydrogen) atoms. The molecule has 76 valence electrons. The number of halogens is 1. The molecule has 1 unspecified atom stereocenters. The van der Waals surface area contributed by atoms with Crippen molar-refractivity contribution in [2.24, 2.45) is 0 Å². The first-order chi connectivity index (χ1) is 6.59. The van der Waals surface area contributed by atoms with Crippen molar-refractivity contribution in [3.63, 3.8) is 0 Å². The highest BCUT2D eigenvalue weighted by Crippen LogP contribution is 2.41. The van der Waals surface area contributed by atoms with Gasteiger partial charge >= 0.3 is 0 Å². The Morgan fingerprint density at radius 1 is 1.64 bits per heavy atom. The lowest BCUT2D eigenvalue weighted by atomic mass is 10.0. The van der Waals surface area contributed by atoms with Crippen LogP contribution < -0.4 is 5.32 Å². The molecule has 1 atom stereocenters. The average molecular weight is 212 g/mol. The zero-order chi connectivity index (χ0) is 10.2. The van der Waals surface area contributed by atoms with Crippen molar-refractivity contribution in [1.82, 2.24) is 4.98 Å². The van der Waals surface area contributed by atoms with Crippen LogP contribution in [0.25, 0.3) is 0 Å². The highest BCUT2D eigenvalue weighted by atomic mass is 32.2. The number of rotatable bonds is 2. The van der Waals surface area contributed by atoms with Gasteiger partial charge in [0.15, 0.2) is 11.6 Å². The van der Waals surface area contributed by atoms with E-state index >= 15 is 0 Å². The molecule has 1 aliphatic rings. The maximum absolute atomic E-state index is 13.2. The summed E-state index contributed by atoms with van der Waals surface area (Å²) in [6.07, 6.45) is 1.60. The van der Waals surface area contributed by atoms with Crippen LogP contribution in [0.1, 0.15) is 13.8 Å². The Balaban J connectivity index is 2.08. The lowest BCUT2D eigenvalue weighted by Crippen LogP contribution is -2.50. The first kappa shape index (κ1) is 9.77. The van der Waals surface area contributed by atoms with E-state index in [0.29, 0.717) is 11.9 Å². The number of aromatic nitrogens is 1. The molecule has 0 spiro atoms. The molecule has 0 aliphatic carbocycles. The van der Waals surface area contributed by atoms with Gasteiger partial charge in [0.1, 0.15) is 0 Å². The van der Waals surface area contributed by atoms with E-state index < -0.39 is 0 Å². The lowest BCUT2D eigenvalue weighted by Gasteiger charge is -2.44. The summed E-state index contributed by atoms with van der Waals surface area (Å²) < 4.78 is 13.4. The molecule has 1 saturated heterocycles. The van der Waals surface area contributed by atoms with Crippen molar-refractivity contribution in [3.8, 4) is 0 Å². The van der Waals surface area contributed by atoms with E-state index in [2.05, 4.69) is 24.1 Å². The summed E-state index contributed by atoms with van der Waals surface area (Å²) >= 11 is 1.88. The van der Waals surface area contributed by atoms with Crippen molar-refractivity contribution in [3.05, 3.63) is 24.1 Å². The minimum absolute atomic E-state index is 0.184. The van der Waals surface area contributed by atoms with Gasteiger partial charge in [-0.25, -0.2) is 9.37 Å². The third kappa shape index (κ3) is 1.71. The van der Waals surface area contributed by atoms with E-state index in [1.54, 1.807) is 12.3 Å². The van der Waals surface area contributed by atoms with Crippen molar-refractivity contribution in [1.29, 1.82) is 0 Å². The van der Waals surface area contributed by atoms with Gasteiger partial charge in [-0.15, -0.1) is 0 Å². The maximum Gasteiger partial charge on any atom is 0.165 e. The van der Waals surface area contributed by atoms with Crippen molar-refractivity contribution >= 4 is 17.6 Å². The Bertz CT molecular complexity index is 341. The monoisotopic (exact) mass is 212 g/mol. The molecule has 2 nitrogen and oxygen atoms in total. The Hall–Kier alpha value is -0.770. The molecule has 0 aromatic carbocycles. The van der Waals surface area contributed by atoms with Gasteiger partial charge in [-0.1, -0.05) is 0 Å². The minimum atomic E-state index is -0.278. The fourth-order valence-corrected chi connectivity index (χ4v) is 2.51. The Morgan fingerprint density at radius 2 is 2.43 bits per heavy atom. The summed E-state index contributed by atoms with van der Waals surface area (Å²) in [6, 6.07) is 3.34. The second-order valence-electron chi connectivity index (χ2n) is 3.95. The van der Waals surface area contributed by atoms with Gasteiger partial charge in [-0.2, -0.15) is 11.8 Å². The summed E-state index contributed by atoms with van der Waals surface area (Å²) in [4.78, 5) is 3.97. The van der Waals surface area contributed by atoms with Gasteiger partial charge in [-0.05, 0) is 26.0 Å². The fraction of sp³-hybridized carbons (Fsp3) is 0.500. The molecule has 1 aromatic rings. The molecule has 0 bridgehead atoms. The van der Waals surface area contributed by atoms with Gasteiger partial charge in [0.25, 0.3) is 0 Å². The molecule has 2 heterocycles. The quantitative estimate of drug-likeness (QED) is 0.815. The van der Waals surface area contributed by atoms with Gasteiger partial charge < -0.3 is 5.32 Å². The number of hydrogen-bond donors (Lipinski definition) is 1. The third-order valence-corrected chi connectivity index (χ3v) is 4.06. The molecular formula is C10H13FN2S. The Morgan fingerprint density at radius 3 is 2.93 bits per heavy atom. The fourth-order valence-electron chi connectivity index (χ4n) is 1.37. The number of thioether (sulfide) groups is 1. The molecule has 0 radical (unpaired) electrons. The third-order valence-electron chi connectivity index (χ3n) is 2.53. The number of nitrogens with one attached hydrogen (secondary N) is 1. The predicted molar refractivity (Wildman–Crippen MR) is 58.1 cm³/mol.